The molecule has 6 heteroatoms. The first-order chi connectivity index (χ1) is 10.2. The smallest absolute Gasteiger partial charge is 0.207 e. The van der Waals surface area contributed by atoms with Crippen LogP contribution in [0.1, 0.15) is 16.5 Å². The highest BCUT2D eigenvalue weighted by Crippen LogP contribution is 2.29. The highest BCUT2D eigenvalue weighted by Gasteiger charge is 2.23. The molecule has 0 unspecified atom stereocenters. The number of nitrogens with one attached hydrogen (secondary N) is 1. The minimum Gasteiger partial charge on any atom is -0.207 e. The van der Waals surface area contributed by atoms with Gasteiger partial charge >= 0.3 is 0 Å². The van der Waals surface area contributed by atoms with Gasteiger partial charge in [0.1, 0.15) is 0 Å². The molecule has 0 aliphatic carbocycles. The van der Waals surface area contributed by atoms with Gasteiger partial charge in [0.05, 0.1) is 10.9 Å². The molecule has 2 heterocycles. The Balaban J connectivity index is 1.96. The van der Waals surface area contributed by atoms with E-state index >= 15 is 0 Å². The fraction of sp³-hybridized carbons (Fsp3) is 0.0667. The molecule has 0 aliphatic rings. The van der Waals surface area contributed by atoms with Gasteiger partial charge < -0.3 is 0 Å². The Morgan fingerprint density at radius 3 is 2.38 bits per heavy atom. The molecule has 108 valence electrons. The molecular formula is C15H13NO2S3. The molecule has 0 aliphatic heterocycles. The van der Waals surface area contributed by atoms with Crippen LogP contribution < -0.4 is 4.72 Å². The zero-order chi connectivity index (χ0) is 14.7. The Labute approximate surface area is 132 Å². The van der Waals surface area contributed by atoms with Crippen LogP contribution in [-0.2, 0) is 10.0 Å². The predicted molar refractivity (Wildman–Crippen MR) is 87.2 cm³/mol. The molecule has 1 atom stereocenters. The number of sulfonamides is 1. The SMILES string of the molecule is O=S(=O)(N[C@H](c1ccsc1)c1cccs1)c1ccccc1. The third-order valence-electron chi connectivity index (χ3n) is 3.03. The van der Waals surface area contributed by atoms with Crippen molar-refractivity contribution in [3.8, 4) is 0 Å². The summed E-state index contributed by atoms with van der Waals surface area (Å²) >= 11 is 3.10. The van der Waals surface area contributed by atoms with E-state index in [2.05, 4.69) is 4.72 Å². The van der Waals surface area contributed by atoms with E-state index in [1.807, 2.05) is 34.3 Å². The lowest BCUT2D eigenvalue weighted by Crippen LogP contribution is -2.28. The minimum absolute atomic E-state index is 0.279. The third kappa shape index (κ3) is 3.24. The van der Waals surface area contributed by atoms with Gasteiger partial charge in [-0.25, -0.2) is 8.42 Å². The summed E-state index contributed by atoms with van der Waals surface area (Å²) in [4.78, 5) is 1.26. The van der Waals surface area contributed by atoms with Gasteiger partial charge in [-0.05, 0) is 46.0 Å². The molecule has 0 bridgehead atoms. The van der Waals surface area contributed by atoms with Gasteiger partial charge in [0.2, 0.25) is 10.0 Å². The Hall–Kier alpha value is -1.47. The third-order valence-corrected chi connectivity index (χ3v) is 6.11. The van der Waals surface area contributed by atoms with Gasteiger partial charge in [-0.1, -0.05) is 24.3 Å². The number of thiophene rings is 2. The fourth-order valence-electron chi connectivity index (χ4n) is 2.01. The second-order valence-corrected chi connectivity index (χ2v) is 7.91. The normalized spacial score (nSPS) is 13.1. The molecule has 21 heavy (non-hydrogen) atoms. The lowest BCUT2D eigenvalue weighted by atomic mass is 10.1. The molecule has 3 rings (SSSR count). The Bertz CT molecular complexity index is 745. The van der Waals surface area contributed by atoms with E-state index in [-0.39, 0.29) is 10.9 Å². The van der Waals surface area contributed by atoms with Crippen LogP contribution in [0.15, 0.2) is 69.6 Å². The topological polar surface area (TPSA) is 46.2 Å². The van der Waals surface area contributed by atoms with Crippen LogP contribution in [0.25, 0.3) is 0 Å². The fourth-order valence-corrected chi connectivity index (χ4v) is 4.80. The first-order valence-corrected chi connectivity index (χ1v) is 9.60. The molecule has 0 amide bonds. The number of rotatable bonds is 5. The summed E-state index contributed by atoms with van der Waals surface area (Å²) in [6.45, 7) is 0. The summed E-state index contributed by atoms with van der Waals surface area (Å²) < 4.78 is 27.9. The summed E-state index contributed by atoms with van der Waals surface area (Å²) in [6, 6.07) is 13.9. The largest absolute Gasteiger partial charge is 0.241 e. The quantitative estimate of drug-likeness (QED) is 0.769. The van der Waals surface area contributed by atoms with Crippen molar-refractivity contribution in [2.24, 2.45) is 0 Å². The number of hydrogen-bond acceptors (Lipinski definition) is 4. The van der Waals surface area contributed by atoms with E-state index < -0.39 is 10.0 Å². The molecule has 1 aromatic carbocycles. The molecule has 0 radical (unpaired) electrons. The Morgan fingerprint density at radius 2 is 1.76 bits per heavy atom. The summed E-state index contributed by atoms with van der Waals surface area (Å²) in [5, 5.41) is 5.87. The molecule has 0 spiro atoms. The van der Waals surface area contributed by atoms with Crippen molar-refractivity contribution < 1.29 is 8.42 Å². The molecular weight excluding hydrogens is 322 g/mol. The van der Waals surface area contributed by atoms with Crippen LogP contribution >= 0.6 is 22.7 Å². The summed E-state index contributed by atoms with van der Waals surface area (Å²) in [5.74, 6) is 0. The van der Waals surface area contributed by atoms with Gasteiger partial charge in [0, 0.05) is 4.88 Å². The van der Waals surface area contributed by atoms with Gasteiger partial charge in [0.15, 0.2) is 0 Å². The van der Waals surface area contributed by atoms with E-state index in [9.17, 15) is 8.42 Å². The van der Waals surface area contributed by atoms with E-state index in [0.29, 0.717) is 0 Å². The molecule has 3 aromatic rings. The second-order valence-electron chi connectivity index (χ2n) is 4.44. The first-order valence-electron chi connectivity index (χ1n) is 6.30. The maximum absolute atomic E-state index is 12.5. The standard InChI is InChI=1S/C15H13NO2S3/c17-21(18,13-5-2-1-3-6-13)16-15(12-8-10-19-11-12)14-7-4-9-20-14/h1-11,15-16H/t15-/m1/s1. The van der Waals surface area contributed by atoms with Gasteiger partial charge in [0.25, 0.3) is 0 Å². The molecule has 0 saturated carbocycles. The number of hydrogen-bond donors (Lipinski definition) is 1. The highest BCUT2D eigenvalue weighted by molar-refractivity contribution is 7.89. The maximum atomic E-state index is 12.5. The predicted octanol–water partition coefficient (Wildman–Crippen LogP) is 3.88. The average molecular weight is 335 g/mol. The molecule has 0 saturated heterocycles. The van der Waals surface area contributed by atoms with E-state index in [1.165, 1.54) is 0 Å². The number of benzene rings is 1. The zero-order valence-corrected chi connectivity index (χ0v) is 13.4. The molecule has 3 nitrogen and oxygen atoms in total. The van der Waals surface area contributed by atoms with Crippen LogP contribution in [0.5, 0.6) is 0 Å². The van der Waals surface area contributed by atoms with Crippen molar-refractivity contribution in [3.05, 3.63) is 75.1 Å². The molecule has 0 fully saturated rings. The maximum Gasteiger partial charge on any atom is 0.241 e. The lowest BCUT2D eigenvalue weighted by molar-refractivity contribution is 0.573. The summed E-state index contributed by atoms with van der Waals surface area (Å²) in [5.41, 5.74) is 0.960. The van der Waals surface area contributed by atoms with Gasteiger partial charge in [-0.15, -0.1) is 11.3 Å². The van der Waals surface area contributed by atoms with Crippen molar-refractivity contribution in [1.82, 2.24) is 4.72 Å². The van der Waals surface area contributed by atoms with Crippen molar-refractivity contribution in [2.45, 2.75) is 10.9 Å². The molecule has 1 N–H and O–H groups in total. The van der Waals surface area contributed by atoms with Crippen molar-refractivity contribution >= 4 is 32.7 Å². The van der Waals surface area contributed by atoms with E-state index in [0.717, 1.165) is 10.4 Å². The monoisotopic (exact) mass is 335 g/mol. The van der Waals surface area contributed by atoms with Crippen LogP contribution in [0.4, 0.5) is 0 Å². The highest BCUT2D eigenvalue weighted by atomic mass is 32.2. The molecule has 2 aromatic heterocycles. The first kappa shape index (κ1) is 14.5. The second kappa shape index (κ2) is 6.11. The zero-order valence-electron chi connectivity index (χ0n) is 11.0. The van der Waals surface area contributed by atoms with Crippen LogP contribution in [0.2, 0.25) is 0 Å². The van der Waals surface area contributed by atoms with Crippen LogP contribution in [0, 0.1) is 0 Å². The van der Waals surface area contributed by atoms with E-state index in [4.69, 9.17) is 0 Å². The van der Waals surface area contributed by atoms with Crippen LogP contribution in [-0.4, -0.2) is 8.42 Å². The minimum atomic E-state index is -3.55. The van der Waals surface area contributed by atoms with E-state index in [1.54, 1.807) is 53.0 Å². The van der Waals surface area contributed by atoms with Crippen molar-refractivity contribution in [2.75, 3.05) is 0 Å². The van der Waals surface area contributed by atoms with Crippen molar-refractivity contribution in [1.29, 1.82) is 0 Å². The van der Waals surface area contributed by atoms with Crippen LogP contribution in [0.3, 0.4) is 0 Å². The Morgan fingerprint density at radius 1 is 0.952 bits per heavy atom. The average Bonchev–Trinajstić information content (AvgIpc) is 3.19. The van der Waals surface area contributed by atoms with Gasteiger partial charge in [-0.3, -0.25) is 0 Å². The van der Waals surface area contributed by atoms with Crippen molar-refractivity contribution in [3.63, 3.8) is 0 Å². The van der Waals surface area contributed by atoms with Gasteiger partial charge in [-0.2, -0.15) is 16.1 Å². The lowest BCUT2D eigenvalue weighted by Gasteiger charge is -2.16. The summed E-state index contributed by atoms with van der Waals surface area (Å²) in [6.07, 6.45) is 0. The summed E-state index contributed by atoms with van der Waals surface area (Å²) in [7, 11) is -3.55. The Kier molecular flexibility index (Phi) is 4.21.